The van der Waals surface area contributed by atoms with Crippen molar-refractivity contribution in [3.8, 4) is 22.8 Å². The zero-order valence-electron chi connectivity index (χ0n) is 21.5. The lowest BCUT2D eigenvalue weighted by molar-refractivity contribution is -0.114. The van der Waals surface area contributed by atoms with E-state index in [2.05, 4.69) is 22.2 Å². The number of carbonyl (C=O) groups excluding carboxylic acids is 1. The second-order valence-electron chi connectivity index (χ2n) is 8.38. The van der Waals surface area contributed by atoms with Gasteiger partial charge in [-0.25, -0.2) is 15.0 Å². The summed E-state index contributed by atoms with van der Waals surface area (Å²) in [5.41, 5.74) is 4.15. The van der Waals surface area contributed by atoms with Gasteiger partial charge in [0.25, 0.3) is 0 Å². The van der Waals surface area contributed by atoms with Crippen LogP contribution in [-0.2, 0) is 11.2 Å². The molecule has 0 saturated carbocycles. The molecule has 0 radical (unpaired) electrons. The van der Waals surface area contributed by atoms with Gasteiger partial charge in [0.1, 0.15) is 17.0 Å². The zero-order valence-corrected chi connectivity index (χ0v) is 23.0. The van der Waals surface area contributed by atoms with Gasteiger partial charge in [0, 0.05) is 41.9 Å². The Balaban J connectivity index is 1.83. The lowest BCUT2D eigenvalue weighted by Crippen LogP contribution is -2.07. The van der Waals surface area contributed by atoms with Crippen LogP contribution in [0.4, 0.5) is 17.5 Å². The molecule has 4 aromatic rings. The van der Waals surface area contributed by atoms with E-state index in [4.69, 9.17) is 42.6 Å². The summed E-state index contributed by atoms with van der Waals surface area (Å²) in [7, 11) is 3.04. The average molecular weight is 552 g/mol. The number of aromatic nitrogens is 3. The maximum atomic E-state index is 12.0. The molecular formula is C28H27Cl2N5O3. The van der Waals surface area contributed by atoms with Crippen LogP contribution >= 0.6 is 23.2 Å². The molecule has 38 heavy (non-hydrogen) atoms. The molecule has 0 fully saturated rings. The summed E-state index contributed by atoms with van der Waals surface area (Å²) in [6.45, 7) is 8.10. The summed E-state index contributed by atoms with van der Waals surface area (Å²) in [5, 5.41) is 7.90. The van der Waals surface area contributed by atoms with Gasteiger partial charge < -0.3 is 20.1 Å². The molecule has 10 heteroatoms. The van der Waals surface area contributed by atoms with Gasteiger partial charge in [-0.1, -0.05) is 48.0 Å². The molecule has 0 aliphatic rings. The summed E-state index contributed by atoms with van der Waals surface area (Å²) in [5.74, 6) is 1.65. The molecule has 4 rings (SSSR count). The van der Waals surface area contributed by atoms with Gasteiger partial charge in [0.05, 0.1) is 30.0 Å². The smallest absolute Gasteiger partial charge is 0.227 e. The number of carbonyl (C=O) groups is 1. The van der Waals surface area contributed by atoms with Crippen LogP contribution in [0.1, 0.15) is 18.1 Å². The number of halogens is 2. The van der Waals surface area contributed by atoms with E-state index in [-0.39, 0.29) is 12.2 Å². The Labute approximate surface area is 231 Å². The Morgan fingerprint density at radius 1 is 1.11 bits per heavy atom. The summed E-state index contributed by atoms with van der Waals surface area (Å²) in [6.07, 6.45) is 3.24. The standard InChI is InChI=1S/C28H27Cl2N5O3/c1-6-18(36)11-16-10-8-9-15(3)25(16)34-28-32-14-17-12-19(33-27(31-7-2)26(17)35-28)22-23(29)20(37-4)13-21(38-5)24(22)30/h6,8-10,12-14H,1,7,11H2,2-5H3,(H,31,33)(H,32,34,35). The Morgan fingerprint density at radius 3 is 2.45 bits per heavy atom. The molecule has 0 bridgehead atoms. The van der Waals surface area contributed by atoms with E-state index in [0.29, 0.717) is 56.6 Å². The predicted molar refractivity (Wildman–Crippen MR) is 153 cm³/mol. The number of hydrogen-bond acceptors (Lipinski definition) is 8. The van der Waals surface area contributed by atoms with Crippen molar-refractivity contribution in [2.45, 2.75) is 20.3 Å². The number of para-hydroxylation sites is 1. The van der Waals surface area contributed by atoms with Crippen molar-refractivity contribution >= 4 is 57.3 Å². The Bertz CT molecular complexity index is 1510. The monoisotopic (exact) mass is 551 g/mol. The first-order chi connectivity index (χ1) is 18.3. The van der Waals surface area contributed by atoms with Crippen LogP contribution in [0, 0.1) is 6.92 Å². The molecule has 0 atom stereocenters. The number of methoxy groups -OCH3 is 2. The van der Waals surface area contributed by atoms with Gasteiger partial charge in [0.2, 0.25) is 5.95 Å². The van der Waals surface area contributed by atoms with Crippen molar-refractivity contribution in [3.05, 3.63) is 70.4 Å². The summed E-state index contributed by atoms with van der Waals surface area (Å²) in [4.78, 5) is 26.1. The number of anilines is 3. The Kier molecular flexibility index (Phi) is 8.34. The van der Waals surface area contributed by atoms with Crippen LogP contribution in [0.3, 0.4) is 0 Å². The van der Waals surface area contributed by atoms with Crippen LogP contribution < -0.4 is 20.1 Å². The van der Waals surface area contributed by atoms with E-state index in [1.165, 1.54) is 20.3 Å². The van der Waals surface area contributed by atoms with Crippen LogP contribution in [0.15, 0.2) is 49.2 Å². The molecule has 2 heterocycles. The van der Waals surface area contributed by atoms with E-state index in [1.54, 1.807) is 12.3 Å². The second kappa shape index (κ2) is 11.7. The molecular weight excluding hydrogens is 525 g/mol. The molecule has 0 amide bonds. The van der Waals surface area contributed by atoms with Crippen molar-refractivity contribution in [2.75, 3.05) is 31.4 Å². The number of ether oxygens (including phenoxy) is 2. The van der Waals surface area contributed by atoms with Gasteiger partial charge >= 0.3 is 0 Å². The minimum Gasteiger partial charge on any atom is -0.495 e. The Morgan fingerprint density at radius 2 is 1.82 bits per heavy atom. The fraction of sp³-hybridized carbons (Fsp3) is 0.214. The maximum absolute atomic E-state index is 12.0. The van der Waals surface area contributed by atoms with Crippen LogP contribution in [0.25, 0.3) is 22.2 Å². The number of nitrogens with one attached hydrogen (secondary N) is 2. The van der Waals surface area contributed by atoms with Crippen molar-refractivity contribution in [1.82, 2.24) is 15.0 Å². The SMILES string of the molecule is C=CC(=O)Cc1cccc(C)c1Nc1ncc2cc(-c3c(Cl)c(OC)cc(OC)c3Cl)nc(NCC)c2n1. The summed E-state index contributed by atoms with van der Waals surface area (Å²) in [6, 6.07) is 9.20. The highest BCUT2D eigenvalue weighted by Gasteiger charge is 2.22. The van der Waals surface area contributed by atoms with Crippen molar-refractivity contribution in [2.24, 2.45) is 0 Å². The zero-order chi connectivity index (χ0) is 27.4. The number of benzene rings is 2. The molecule has 0 spiro atoms. The third kappa shape index (κ3) is 5.37. The number of hydrogen-bond donors (Lipinski definition) is 2. The topological polar surface area (TPSA) is 98.3 Å². The first-order valence-electron chi connectivity index (χ1n) is 11.8. The van der Waals surface area contributed by atoms with Crippen molar-refractivity contribution in [1.29, 1.82) is 0 Å². The van der Waals surface area contributed by atoms with E-state index in [9.17, 15) is 4.79 Å². The molecule has 2 aromatic carbocycles. The molecule has 8 nitrogen and oxygen atoms in total. The molecule has 2 N–H and O–H groups in total. The first-order valence-corrected chi connectivity index (χ1v) is 12.6. The molecule has 0 aliphatic carbocycles. The number of fused-ring (bicyclic) bond motifs is 1. The van der Waals surface area contributed by atoms with Crippen LogP contribution in [-0.4, -0.2) is 41.5 Å². The number of allylic oxidation sites excluding steroid dienone is 1. The molecule has 0 aliphatic heterocycles. The number of pyridine rings is 1. The number of nitrogens with zero attached hydrogens (tertiary/aromatic N) is 3. The van der Waals surface area contributed by atoms with Crippen LogP contribution in [0.2, 0.25) is 10.0 Å². The number of rotatable bonds is 10. The van der Waals surface area contributed by atoms with E-state index < -0.39 is 0 Å². The summed E-state index contributed by atoms with van der Waals surface area (Å²) < 4.78 is 10.8. The van der Waals surface area contributed by atoms with E-state index in [1.807, 2.05) is 38.1 Å². The van der Waals surface area contributed by atoms with E-state index in [0.717, 1.165) is 22.2 Å². The van der Waals surface area contributed by atoms with Gasteiger partial charge in [-0.2, -0.15) is 0 Å². The minimum absolute atomic E-state index is 0.0734. The minimum atomic E-state index is -0.0734. The Hall–Kier alpha value is -3.88. The normalized spacial score (nSPS) is 10.8. The second-order valence-corrected chi connectivity index (χ2v) is 9.14. The van der Waals surface area contributed by atoms with Crippen molar-refractivity contribution in [3.63, 3.8) is 0 Å². The highest BCUT2D eigenvalue weighted by molar-refractivity contribution is 6.41. The van der Waals surface area contributed by atoms with Crippen LogP contribution in [0.5, 0.6) is 11.5 Å². The fourth-order valence-corrected chi connectivity index (χ4v) is 4.75. The fourth-order valence-electron chi connectivity index (χ4n) is 4.06. The summed E-state index contributed by atoms with van der Waals surface area (Å²) >= 11 is 13.3. The maximum Gasteiger partial charge on any atom is 0.227 e. The van der Waals surface area contributed by atoms with Gasteiger partial charge in [-0.15, -0.1) is 0 Å². The molecule has 196 valence electrons. The first kappa shape index (κ1) is 27.2. The highest BCUT2D eigenvalue weighted by Crippen LogP contribution is 2.46. The lowest BCUT2D eigenvalue weighted by Gasteiger charge is -2.17. The average Bonchev–Trinajstić information content (AvgIpc) is 2.91. The highest BCUT2D eigenvalue weighted by atomic mass is 35.5. The largest absolute Gasteiger partial charge is 0.495 e. The van der Waals surface area contributed by atoms with E-state index >= 15 is 0 Å². The number of aryl methyl sites for hydroxylation is 1. The molecule has 2 aromatic heterocycles. The van der Waals surface area contributed by atoms with Gasteiger partial charge in [-0.05, 0) is 37.1 Å². The quantitative estimate of drug-likeness (QED) is 0.208. The molecule has 0 saturated heterocycles. The van der Waals surface area contributed by atoms with Crippen molar-refractivity contribution < 1.29 is 14.3 Å². The predicted octanol–water partition coefficient (Wildman–Crippen LogP) is 6.80. The molecule has 0 unspecified atom stereocenters. The third-order valence-corrected chi connectivity index (χ3v) is 6.68. The lowest BCUT2D eigenvalue weighted by atomic mass is 10.0. The third-order valence-electron chi connectivity index (χ3n) is 5.93. The van der Waals surface area contributed by atoms with Gasteiger partial charge in [0.15, 0.2) is 11.6 Å². The van der Waals surface area contributed by atoms with Gasteiger partial charge in [-0.3, -0.25) is 4.79 Å². The number of ketones is 1.